The van der Waals surface area contributed by atoms with Gasteiger partial charge >= 0.3 is 5.00 Å². The zero-order valence-corrected chi connectivity index (χ0v) is 29.2. The molecule has 3 rings (SSSR count). The van der Waals surface area contributed by atoms with E-state index in [1.165, 1.54) is 41.9 Å². The maximum atomic E-state index is 7.48. The van der Waals surface area contributed by atoms with Crippen LogP contribution in [0.3, 0.4) is 0 Å². The van der Waals surface area contributed by atoms with E-state index in [1.807, 2.05) is 13.0 Å². The maximum Gasteiger partial charge on any atom is 0.304 e. The second-order valence-corrected chi connectivity index (χ2v) is 13.0. The minimum atomic E-state index is 0.0835. The van der Waals surface area contributed by atoms with E-state index in [9.17, 15) is 0 Å². The van der Waals surface area contributed by atoms with Crippen LogP contribution in [0.2, 0.25) is 0 Å². The molecule has 1 aromatic heterocycles. The van der Waals surface area contributed by atoms with E-state index in [-0.39, 0.29) is 5.41 Å². The molecule has 0 amide bonds. The Kier molecular flexibility index (Phi) is 14.8. The van der Waals surface area contributed by atoms with Gasteiger partial charge in [-0.2, -0.15) is 10.5 Å². The molecule has 0 radical (unpaired) electrons. The zero-order valence-electron chi connectivity index (χ0n) is 28.4. The van der Waals surface area contributed by atoms with Crippen LogP contribution in [-0.4, -0.2) is 24.7 Å². The van der Waals surface area contributed by atoms with Gasteiger partial charge in [0.05, 0.1) is 13.2 Å². The van der Waals surface area contributed by atoms with Crippen molar-refractivity contribution in [1.82, 2.24) is 10.5 Å². The van der Waals surface area contributed by atoms with E-state index in [2.05, 4.69) is 108 Å². The highest BCUT2D eigenvalue weighted by molar-refractivity contribution is 7.19. The van der Waals surface area contributed by atoms with Gasteiger partial charge in [-0.1, -0.05) is 86.3 Å². The molecule has 0 saturated carbocycles. The fraction of sp³-hybridized carbons (Fsp3) is 0.556. The van der Waals surface area contributed by atoms with Gasteiger partial charge in [0.1, 0.15) is 5.69 Å². The van der Waals surface area contributed by atoms with Gasteiger partial charge in [0.25, 0.3) is 0 Å². The number of thiazole rings is 1. The average Bonchev–Trinajstić information content (AvgIpc) is 3.47. The third-order valence-electron chi connectivity index (χ3n) is 8.23. The quantitative estimate of drug-likeness (QED) is 0.0580. The Hall–Kier alpha value is -3.48. The summed E-state index contributed by atoms with van der Waals surface area (Å²) in [7, 11) is 0. The topological polar surface area (TPSA) is 75.7 Å². The number of benzene rings is 2. The van der Waals surface area contributed by atoms with Gasteiger partial charge in [-0.05, 0) is 66.8 Å². The van der Waals surface area contributed by atoms with Crippen LogP contribution in [0.1, 0.15) is 105 Å². The third-order valence-corrected chi connectivity index (χ3v) is 9.05. The summed E-state index contributed by atoms with van der Waals surface area (Å²) in [5.41, 5.74) is 7.34. The lowest BCUT2D eigenvalue weighted by molar-refractivity contribution is 0.195. The van der Waals surface area contributed by atoms with Crippen LogP contribution >= 0.6 is 11.3 Å². The van der Waals surface area contributed by atoms with Crippen molar-refractivity contribution in [2.75, 3.05) is 24.6 Å². The van der Waals surface area contributed by atoms with Crippen molar-refractivity contribution < 1.29 is 9.57 Å². The van der Waals surface area contributed by atoms with Gasteiger partial charge in [0.15, 0.2) is 5.75 Å². The smallest absolute Gasteiger partial charge is 0.304 e. The SMILES string of the molecule is [C-]#[N+]c1sc(N=Nc2ccc(N(CC(CC)CCCC)c3cccc(C(C)(C)CC)c3)cc2ONCCCC)nc1OCCC. The molecule has 1 heterocycles. The first kappa shape index (κ1) is 36.0. The Morgan fingerprint density at radius 3 is 2.47 bits per heavy atom. The van der Waals surface area contributed by atoms with Crippen molar-refractivity contribution in [3.63, 3.8) is 0 Å². The molecule has 8 nitrogen and oxygen atoms in total. The number of azo groups is 1. The predicted molar refractivity (Wildman–Crippen MR) is 188 cm³/mol. The number of hydrogen-bond acceptors (Lipinski definition) is 8. The first-order chi connectivity index (χ1) is 21.8. The molecule has 3 aromatic rings. The molecule has 0 fully saturated rings. The molecule has 45 heavy (non-hydrogen) atoms. The molecule has 0 aliphatic heterocycles. The average molecular weight is 633 g/mol. The summed E-state index contributed by atoms with van der Waals surface area (Å²) in [5, 5.41) is 9.66. The molecule has 1 unspecified atom stereocenters. The number of rotatable bonds is 20. The van der Waals surface area contributed by atoms with Gasteiger partial charge in [-0.3, -0.25) is 0 Å². The number of hydroxylamine groups is 1. The van der Waals surface area contributed by atoms with Gasteiger partial charge in [-0.15, -0.1) is 21.6 Å². The number of hydrogen-bond donors (Lipinski definition) is 1. The summed E-state index contributed by atoms with van der Waals surface area (Å²) >= 11 is 1.17. The largest absolute Gasteiger partial charge is 0.486 e. The zero-order chi connectivity index (χ0) is 32.7. The molecule has 0 bridgehead atoms. The number of ether oxygens (including phenoxy) is 1. The lowest BCUT2D eigenvalue weighted by atomic mass is 9.82. The summed E-state index contributed by atoms with van der Waals surface area (Å²) < 4.78 is 5.64. The Balaban J connectivity index is 2.04. The standard InChI is InChI=1S/C36H52N6O2S/c1-9-14-17-27(12-4)26-42(29-19-16-18-28(24-29)36(6,7)13-5)30-20-21-31(32(25-30)44-38-22-15-10-2)40-41-35-39-33(43-23-11-3)34(37-8)45-35/h16,18-21,24-25,27,38H,9-15,17,22-23,26H2,1-7H3. The van der Waals surface area contributed by atoms with Gasteiger partial charge in [-0.25, -0.2) is 4.85 Å². The maximum absolute atomic E-state index is 7.48. The molecule has 0 spiro atoms. The number of unbranched alkanes of at least 4 members (excludes halogenated alkanes) is 2. The Labute approximate surface area is 275 Å². The predicted octanol–water partition coefficient (Wildman–Crippen LogP) is 11.6. The molecular weight excluding hydrogens is 581 g/mol. The van der Waals surface area contributed by atoms with E-state index in [1.54, 1.807) is 0 Å². The van der Waals surface area contributed by atoms with Crippen LogP contribution in [0.25, 0.3) is 4.85 Å². The van der Waals surface area contributed by atoms with Crippen molar-refractivity contribution in [2.24, 2.45) is 16.1 Å². The number of anilines is 2. The summed E-state index contributed by atoms with van der Waals surface area (Å²) in [5.74, 6) is 1.47. The second-order valence-electron chi connectivity index (χ2n) is 12.1. The van der Waals surface area contributed by atoms with Crippen LogP contribution in [-0.2, 0) is 5.41 Å². The molecule has 1 N–H and O–H groups in total. The summed E-state index contributed by atoms with van der Waals surface area (Å²) in [6.45, 7) is 25.2. The normalized spacial score (nSPS) is 12.3. The van der Waals surface area contributed by atoms with E-state index in [4.69, 9.17) is 16.1 Å². The first-order valence-corrected chi connectivity index (χ1v) is 17.5. The first-order valence-electron chi connectivity index (χ1n) is 16.6. The highest BCUT2D eigenvalue weighted by Gasteiger charge is 2.22. The van der Waals surface area contributed by atoms with Crippen LogP contribution in [0.4, 0.5) is 27.2 Å². The molecule has 244 valence electrons. The van der Waals surface area contributed by atoms with E-state index in [0.717, 1.165) is 50.9 Å². The molecule has 2 aromatic carbocycles. The molecular formula is C36H52N6O2S. The second kappa shape index (κ2) is 18.5. The lowest BCUT2D eigenvalue weighted by Crippen LogP contribution is -2.26. The van der Waals surface area contributed by atoms with Crippen molar-refractivity contribution >= 4 is 38.5 Å². The van der Waals surface area contributed by atoms with Crippen LogP contribution < -0.4 is 20.0 Å². The van der Waals surface area contributed by atoms with Crippen molar-refractivity contribution in [3.8, 4) is 11.6 Å². The lowest BCUT2D eigenvalue weighted by Gasteiger charge is -2.32. The van der Waals surface area contributed by atoms with Crippen molar-refractivity contribution in [3.05, 3.63) is 59.4 Å². The van der Waals surface area contributed by atoms with Crippen LogP contribution in [0.15, 0.2) is 52.7 Å². The molecule has 1 atom stereocenters. The Morgan fingerprint density at radius 1 is 1.00 bits per heavy atom. The fourth-order valence-electron chi connectivity index (χ4n) is 4.84. The molecule has 0 aliphatic rings. The summed E-state index contributed by atoms with van der Waals surface area (Å²) in [4.78, 5) is 16.5. The Bertz CT molecular complexity index is 1400. The van der Waals surface area contributed by atoms with Crippen LogP contribution in [0, 0.1) is 12.5 Å². The third kappa shape index (κ3) is 10.5. The highest BCUT2D eigenvalue weighted by atomic mass is 32.1. The van der Waals surface area contributed by atoms with Crippen LogP contribution in [0.5, 0.6) is 11.6 Å². The minimum absolute atomic E-state index is 0.0835. The van der Waals surface area contributed by atoms with Crippen molar-refractivity contribution in [1.29, 1.82) is 0 Å². The summed E-state index contributed by atoms with van der Waals surface area (Å²) in [6, 6.07) is 15.1. The molecule has 9 heteroatoms. The van der Waals surface area contributed by atoms with Gasteiger partial charge < -0.3 is 14.5 Å². The number of nitrogens with zero attached hydrogens (tertiary/aromatic N) is 5. The molecule has 0 aliphatic carbocycles. The van der Waals surface area contributed by atoms with Gasteiger partial charge in [0.2, 0.25) is 11.0 Å². The molecule has 0 saturated heterocycles. The fourth-order valence-corrected chi connectivity index (χ4v) is 5.46. The van der Waals surface area contributed by atoms with Crippen molar-refractivity contribution in [2.45, 2.75) is 105 Å². The van der Waals surface area contributed by atoms with E-state index in [0.29, 0.717) is 40.0 Å². The number of aromatic nitrogens is 1. The monoisotopic (exact) mass is 632 g/mol. The van der Waals surface area contributed by atoms with E-state index < -0.39 is 0 Å². The minimum Gasteiger partial charge on any atom is -0.486 e. The van der Waals surface area contributed by atoms with E-state index >= 15 is 0 Å². The number of nitrogens with one attached hydrogen (secondary N) is 1. The Morgan fingerprint density at radius 2 is 1.78 bits per heavy atom. The highest BCUT2D eigenvalue weighted by Crippen LogP contribution is 2.41. The van der Waals surface area contributed by atoms with Gasteiger partial charge in [0, 0.05) is 30.5 Å². The summed E-state index contributed by atoms with van der Waals surface area (Å²) in [6.07, 6.45) is 8.69.